The van der Waals surface area contributed by atoms with Crippen LogP contribution in [0.3, 0.4) is 0 Å². The number of ether oxygens (including phenoxy) is 1. The van der Waals surface area contributed by atoms with Crippen molar-refractivity contribution in [1.29, 1.82) is 0 Å². The van der Waals surface area contributed by atoms with E-state index in [0.29, 0.717) is 13.2 Å². The van der Waals surface area contributed by atoms with E-state index in [1.54, 1.807) is 0 Å². The van der Waals surface area contributed by atoms with Gasteiger partial charge in [-0.05, 0) is 12.8 Å². The fourth-order valence-electron chi connectivity index (χ4n) is 2.00. The fourth-order valence-corrected chi connectivity index (χ4v) is 2.00. The minimum absolute atomic E-state index is 0.00653. The Bertz CT molecular complexity index is 130. The van der Waals surface area contributed by atoms with Gasteiger partial charge in [-0.15, -0.1) is 0 Å². The van der Waals surface area contributed by atoms with Crippen molar-refractivity contribution >= 4 is 0 Å². The first-order valence-corrected chi connectivity index (χ1v) is 5.12. The lowest BCUT2D eigenvalue weighted by Crippen LogP contribution is -2.33. The van der Waals surface area contributed by atoms with Crippen LogP contribution in [-0.2, 0) is 4.74 Å². The molecule has 3 heteroatoms. The quantitative estimate of drug-likeness (QED) is 0.631. The maximum absolute atomic E-state index is 9.30. The van der Waals surface area contributed by atoms with Crippen LogP contribution in [0.15, 0.2) is 0 Å². The molecule has 1 rings (SSSR count). The molecule has 1 fully saturated rings. The molecule has 0 spiro atoms. The molecule has 0 aromatic carbocycles. The summed E-state index contributed by atoms with van der Waals surface area (Å²) in [5.74, 6) is 0. The van der Waals surface area contributed by atoms with E-state index in [-0.39, 0.29) is 18.6 Å². The van der Waals surface area contributed by atoms with Gasteiger partial charge in [0, 0.05) is 5.41 Å². The minimum Gasteiger partial charge on any atom is -0.396 e. The summed E-state index contributed by atoms with van der Waals surface area (Å²) in [6.45, 7) is 1.28. The number of aliphatic hydroxyl groups excluding tert-OH is 2. The van der Waals surface area contributed by atoms with Crippen LogP contribution in [0.25, 0.3) is 0 Å². The van der Waals surface area contributed by atoms with Gasteiger partial charge in [-0.1, -0.05) is 19.3 Å². The lowest BCUT2D eigenvalue weighted by Gasteiger charge is -2.35. The summed E-state index contributed by atoms with van der Waals surface area (Å²) in [7, 11) is 0. The van der Waals surface area contributed by atoms with Crippen LogP contribution in [0.5, 0.6) is 0 Å². The second kappa shape index (κ2) is 5.58. The maximum Gasteiger partial charge on any atom is 0.0698 e. The van der Waals surface area contributed by atoms with Gasteiger partial charge >= 0.3 is 0 Å². The number of aliphatic hydroxyl groups is 2. The molecule has 0 aromatic rings. The molecule has 0 aromatic heterocycles. The summed E-state index contributed by atoms with van der Waals surface area (Å²) in [4.78, 5) is 0. The van der Waals surface area contributed by atoms with Gasteiger partial charge in [0.25, 0.3) is 0 Å². The molecule has 0 atom stereocenters. The van der Waals surface area contributed by atoms with E-state index in [0.717, 1.165) is 12.8 Å². The lowest BCUT2D eigenvalue weighted by molar-refractivity contribution is -0.0250. The third-order valence-corrected chi connectivity index (χ3v) is 2.89. The Labute approximate surface area is 79.7 Å². The average Bonchev–Trinajstić information content (AvgIpc) is 2.20. The Morgan fingerprint density at radius 2 is 1.77 bits per heavy atom. The van der Waals surface area contributed by atoms with Gasteiger partial charge in [0.1, 0.15) is 0 Å². The molecular formula is C10H20O3. The first kappa shape index (κ1) is 11.0. The predicted octanol–water partition coefficient (Wildman–Crippen LogP) is 0.938. The summed E-state index contributed by atoms with van der Waals surface area (Å²) in [5, 5.41) is 17.9. The van der Waals surface area contributed by atoms with Crippen molar-refractivity contribution in [2.24, 2.45) is 5.41 Å². The summed E-state index contributed by atoms with van der Waals surface area (Å²) in [5.41, 5.74) is -0.00653. The molecule has 78 valence electrons. The molecule has 0 amide bonds. The molecule has 0 aliphatic heterocycles. The van der Waals surface area contributed by atoms with E-state index in [1.807, 2.05) is 0 Å². The second-order valence-electron chi connectivity index (χ2n) is 3.99. The topological polar surface area (TPSA) is 49.7 Å². The number of rotatable bonds is 5. The molecule has 13 heavy (non-hydrogen) atoms. The van der Waals surface area contributed by atoms with Crippen LogP contribution >= 0.6 is 0 Å². The molecule has 0 heterocycles. The standard InChI is InChI=1S/C10H20O3/c11-6-7-13-9-10(8-12)4-2-1-3-5-10/h11-12H,1-9H2. The Hall–Kier alpha value is -0.120. The van der Waals surface area contributed by atoms with E-state index in [1.165, 1.54) is 19.3 Å². The van der Waals surface area contributed by atoms with Crippen molar-refractivity contribution in [2.45, 2.75) is 32.1 Å². The zero-order valence-corrected chi connectivity index (χ0v) is 8.17. The molecule has 1 aliphatic carbocycles. The highest BCUT2D eigenvalue weighted by Crippen LogP contribution is 2.35. The van der Waals surface area contributed by atoms with E-state index >= 15 is 0 Å². The molecule has 2 N–H and O–H groups in total. The van der Waals surface area contributed by atoms with Crippen molar-refractivity contribution in [3.63, 3.8) is 0 Å². The second-order valence-corrected chi connectivity index (χ2v) is 3.99. The summed E-state index contributed by atoms with van der Waals surface area (Å²) in [6.07, 6.45) is 5.80. The van der Waals surface area contributed by atoms with Gasteiger partial charge in [0.05, 0.1) is 26.4 Å². The highest BCUT2D eigenvalue weighted by molar-refractivity contribution is 4.81. The van der Waals surface area contributed by atoms with Gasteiger partial charge < -0.3 is 14.9 Å². The van der Waals surface area contributed by atoms with Crippen LogP contribution < -0.4 is 0 Å². The molecule has 3 nitrogen and oxygen atoms in total. The van der Waals surface area contributed by atoms with Crippen molar-refractivity contribution in [3.05, 3.63) is 0 Å². The Balaban J connectivity index is 2.29. The smallest absolute Gasteiger partial charge is 0.0698 e. The molecule has 0 saturated heterocycles. The van der Waals surface area contributed by atoms with Crippen molar-refractivity contribution < 1.29 is 14.9 Å². The highest BCUT2D eigenvalue weighted by Gasteiger charge is 2.31. The Morgan fingerprint density at radius 3 is 2.31 bits per heavy atom. The zero-order chi connectivity index (χ0) is 9.57. The Kier molecular flexibility index (Phi) is 4.70. The van der Waals surface area contributed by atoms with Crippen molar-refractivity contribution in [3.8, 4) is 0 Å². The Morgan fingerprint density at radius 1 is 1.08 bits per heavy atom. The van der Waals surface area contributed by atoms with Crippen LogP contribution in [0.4, 0.5) is 0 Å². The van der Waals surface area contributed by atoms with Crippen LogP contribution in [-0.4, -0.2) is 36.6 Å². The van der Waals surface area contributed by atoms with Gasteiger partial charge in [-0.2, -0.15) is 0 Å². The highest BCUT2D eigenvalue weighted by atomic mass is 16.5. The van der Waals surface area contributed by atoms with Crippen molar-refractivity contribution in [2.75, 3.05) is 26.4 Å². The van der Waals surface area contributed by atoms with E-state index < -0.39 is 0 Å². The first-order valence-electron chi connectivity index (χ1n) is 5.12. The summed E-state index contributed by atoms with van der Waals surface area (Å²) >= 11 is 0. The minimum atomic E-state index is -0.00653. The fraction of sp³-hybridized carbons (Fsp3) is 1.00. The maximum atomic E-state index is 9.30. The largest absolute Gasteiger partial charge is 0.396 e. The third kappa shape index (κ3) is 3.25. The SMILES string of the molecule is OCCOCC1(CO)CCCCC1. The van der Waals surface area contributed by atoms with E-state index in [2.05, 4.69) is 0 Å². The van der Waals surface area contributed by atoms with Crippen LogP contribution in [0.2, 0.25) is 0 Å². The predicted molar refractivity (Wildman–Crippen MR) is 50.5 cm³/mol. The number of hydrogen-bond acceptors (Lipinski definition) is 3. The normalized spacial score (nSPS) is 21.7. The molecule has 0 radical (unpaired) electrons. The molecule has 0 unspecified atom stereocenters. The van der Waals surface area contributed by atoms with E-state index in [9.17, 15) is 5.11 Å². The van der Waals surface area contributed by atoms with E-state index in [4.69, 9.17) is 9.84 Å². The monoisotopic (exact) mass is 188 g/mol. The molecule has 1 aliphatic rings. The third-order valence-electron chi connectivity index (χ3n) is 2.89. The van der Waals surface area contributed by atoms with Gasteiger partial charge in [0.15, 0.2) is 0 Å². The van der Waals surface area contributed by atoms with Crippen LogP contribution in [0.1, 0.15) is 32.1 Å². The van der Waals surface area contributed by atoms with Crippen molar-refractivity contribution in [1.82, 2.24) is 0 Å². The zero-order valence-electron chi connectivity index (χ0n) is 8.17. The molecule has 0 bridgehead atoms. The van der Waals surface area contributed by atoms with Gasteiger partial charge in [-0.25, -0.2) is 0 Å². The summed E-state index contributed by atoms with van der Waals surface area (Å²) < 4.78 is 5.31. The van der Waals surface area contributed by atoms with Gasteiger partial charge in [0.2, 0.25) is 0 Å². The molecular weight excluding hydrogens is 168 g/mol. The molecule has 1 saturated carbocycles. The summed E-state index contributed by atoms with van der Waals surface area (Å²) in [6, 6.07) is 0. The number of hydrogen-bond donors (Lipinski definition) is 2. The first-order chi connectivity index (χ1) is 6.33. The van der Waals surface area contributed by atoms with Gasteiger partial charge in [-0.3, -0.25) is 0 Å². The average molecular weight is 188 g/mol. The lowest BCUT2D eigenvalue weighted by atomic mass is 9.75. The van der Waals surface area contributed by atoms with Crippen LogP contribution in [0, 0.1) is 5.41 Å².